The van der Waals surface area contributed by atoms with Crippen LogP contribution in [0.5, 0.6) is 11.5 Å². The van der Waals surface area contributed by atoms with E-state index in [0.717, 1.165) is 60.2 Å². The van der Waals surface area contributed by atoms with Gasteiger partial charge in [0, 0.05) is 5.56 Å². The Morgan fingerprint density at radius 2 is 1.05 bits per heavy atom. The first-order valence-electron chi connectivity index (χ1n) is 16.2. The highest BCUT2D eigenvalue weighted by Gasteiger charge is 2.55. The van der Waals surface area contributed by atoms with E-state index in [1.165, 1.54) is 82.6 Å². The molecular formula is C34H46O4. The molecule has 0 spiro atoms. The molecule has 2 saturated heterocycles. The molecule has 4 atom stereocenters. The largest absolute Gasteiger partial charge is 0.484 e. The van der Waals surface area contributed by atoms with Crippen molar-refractivity contribution in [2.45, 2.75) is 126 Å². The fourth-order valence-corrected chi connectivity index (χ4v) is 11.6. The highest BCUT2D eigenvalue weighted by Crippen LogP contribution is 2.65. The molecule has 8 bridgehead atoms. The van der Waals surface area contributed by atoms with Crippen molar-refractivity contribution >= 4 is 0 Å². The van der Waals surface area contributed by atoms with Crippen molar-refractivity contribution in [3.63, 3.8) is 0 Å². The van der Waals surface area contributed by atoms with Crippen molar-refractivity contribution in [2.24, 2.45) is 35.5 Å². The van der Waals surface area contributed by atoms with E-state index in [0.29, 0.717) is 5.41 Å². The Balaban J connectivity index is 1.20. The van der Waals surface area contributed by atoms with Crippen molar-refractivity contribution in [3.8, 4) is 11.5 Å². The van der Waals surface area contributed by atoms with Gasteiger partial charge in [0.1, 0.15) is 24.4 Å². The van der Waals surface area contributed by atoms with E-state index in [1.807, 2.05) is 0 Å². The van der Waals surface area contributed by atoms with Crippen LogP contribution in [0.4, 0.5) is 0 Å². The van der Waals surface area contributed by atoms with E-state index in [9.17, 15) is 0 Å². The first-order valence-corrected chi connectivity index (χ1v) is 16.2. The first-order chi connectivity index (χ1) is 18.4. The Morgan fingerprint density at radius 3 is 1.50 bits per heavy atom. The molecule has 8 saturated carbocycles. The molecular weight excluding hydrogens is 472 g/mol. The summed E-state index contributed by atoms with van der Waals surface area (Å²) >= 11 is 0. The van der Waals surface area contributed by atoms with E-state index >= 15 is 0 Å². The van der Waals surface area contributed by atoms with Crippen molar-refractivity contribution < 1.29 is 18.9 Å². The van der Waals surface area contributed by atoms with Gasteiger partial charge >= 0.3 is 0 Å². The van der Waals surface area contributed by atoms with Gasteiger partial charge in [-0.05, 0) is 149 Å². The lowest BCUT2D eigenvalue weighted by molar-refractivity contribution is -0.0101. The molecule has 4 nitrogen and oxygen atoms in total. The van der Waals surface area contributed by atoms with Crippen LogP contribution in [0.1, 0.15) is 102 Å². The van der Waals surface area contributed by atoms with Gasteiger partial charge in [0.15, 0.2) is 11.5 Å². The van der Waals surface area contributed by atoms with E-state index < -0.39 is 0 Å². The molecule has 4 unspecified atom stereocenters. The topological polar surface area (TPSA) is 43.5 Å². The molecule has 0 radical (unpaired) electrons. The standard InChI is InChI=1S/C34H46O4/c1-19(30-17-35-30)37-29-10-27(33-11-21-3-22(12-33)5-23(4-21)13-33)9-28(32(29)38-20(2)31-18-36-31)34-14-24-6-25(15-34)8-26(7-24)16-34/h9-10,19-26,30-31H,3-8,11-18H2,1-2H3. The molecule has 0 amide bonds. The minimum atomic E-state index is 0.0562. The third-order valence-corrected chi connectivity index (χ3v) is 12.7. The zero-order valence-electron chi connectivity index (χ0n) is 23.5. The van der Waals surface area contributed by atoms with Gasteiger partial charge in [0.25, 0.3) is 0 Å². The summed E-state index contributed by atoms with van der Waals surface area (Å²) in [5.74, 6) is 7.62. The maximum Gasteiger partial charge on any atom is 0.165 e. The summed E-state index contributed by atoms with van der Waals surface area (Å²) in [4.78, 5) is 0. The SMILES string of the molecule is CC(Oc1cc(C23CC4CC(CC(C4)C2)C3)cc(C23CC4CC(CC(C4)C2)C3)c1OC(C)C1CO1)C1CO1. The summed E-state index contributed by atoms with van der Waals surface area (Å²) in [6.45, 7) is 6.03. The fraction of sp³-hybridized carbons (Fsp3) is 0.824. The molecule has 1 aromatic rings. The summed E-state index contributed by atoms with van der Waals surface area (Å²) in [6, 6.07) is 5.17. The highest BCUT2D eigenvalue weighted by atomic mass is 16.6. The third kappa shape index (κ3) is 3.75. The van der Waals surface area contributed by atoms with Crippen LogP contribution in [0.3, 0.4) is 0 Å². The quantitative estimate of drug-likeness (QED) is 0.349. The van der Waals surface area contributed by atoms with E-state index in [2.05, 4.69) is 26.0 Å². The molecule has 10 fully saturated rings. The molecule has 0 N–H and O–H groups in total. The lowest BCUT2D eigenvalue weighted by Gasteiger charge is -2.58. The number of rotatable bonds is 8. The molecule has 1 aromatic carbocycles. The van der Waals surface area contributed by atoms with Gasteiger partial charge in [-0.2, -0.15) is 0 Å². The second kappa shape index (κ2) is 8.15. The van der Waals surface area contributed by atoms with Gasteiger partial charge < -0.3 is 18.9 Å². The minimum Gasteiger partial charge on any atom is -0.484 e. The van der Waals surface area contributed by atoms with Gasteiger partial charge in [0.2, 0.25) is 0 Å². The molecule has 206 valence electrons. The lowest BCUT2D eigenvalue weighted by atomic mass is 9.46. The van der Waals surface area contributed by atoms with Crippen LogP contribution in [-0.4, -0.2) is 37.6 Å². The van der Waals surface area contributed by atoms with Crippen LogP contribution >= 0.6 is 0 Å². The van der Waals surface area contributed by atoms with Gasteiger partial charge in [0.05, 0.1) is 13.2 Å². The van der Waals surface area contributed by atoms with Crippen molar-refractivity contribution in [3.05, 3.63) is 23.3 Å². The Bertz CT molecular complexity index is 1050. The van der Waals surface area contributed by atoms with E-state index in [-0.39, 0.29) is 29.8 Å². The number of epoxide rings is 2. The third-order valence-electron chi connectivity index (χ3n) is 12.7. The molecule has 11 rings (SSSR count). The maximum atomic E-state index is 6.97. The van der Waals surface area contributed by atoms with Gasteiger partial charge in [-0.3, -0.25) is 0 Å². The van der Waals surface area contributed by atoms with Crippen molar-refractivity contribution in [2.75, 3.05) is 13.2 Å². The predicted molar refractivity (Wildman–Crippen MR) is 146 cm³/mol. The first kappa shape index (κ1) is 23.4. The fourth-order valence-electron chi connectivity index (χ4n) is 11.6. The Morgan fingerprint density at radius 1 is 0.632 bits per heavy atom. The van der Waals surface area contributed by atoms with Crippen LogP contribution < -0.4 is 9.47 Å². The second-order valence-corrected chi connectivity index (χ2v) is 15.6. The molecule has 2 heterocycles. The molecule has 2 aliphatic heterocycles. The summed E-state index contributed by atoms with van der Waals surface area (Å²) in [5, 5.41) is 0. The lowest BCUT2D eigenvalue weighted by Crippen LogP contribution is -2.50. The van der Waals surface area contributed by atoms with Crippen LogP contribution in [0, 0.1) is 35.5 Å². The van der Waals surface area contributed by atoms with E-state index in [1.54, 1.807) is 5.56 Å². The summed E-state index contributed by atoms with van der Waals surface area (Å²) in [5.41, 5.74) is 3.75. The number of benzene rings is 1. The molecule has 0 aromatic heterocycles. The van der Waals surface area contributed by atoms with E-state index in [4.69, 9.17) is 18.9 Å². The number of ether oxygens (including phenoxy) is 4. The van der Waals surface area contributed by atoms with Gasteiger partial charge in [-0.15, -0.1) is 0 Å². The Kier molecular flexibility index (Phi) is 5.03. The van der Waals surface area contributed by atoms with Crippen molar-refractivity contribution in [1.82, 2.24) is 0 Å². The number of hydrogen-bond acceptors (Lipinski definition) is 4. The smallest absolute Gasteiger partial charge is 0.165 e. The Labute approximate surface area is 228 Å². The van der Waals surface area contributed by atoms with Crippen LogP contribution in [-0.2, 0) is 20.3 Å². The Hall–Kier alpha value is -1.26. The van der Waals surface area contributed by atoms with Gasteiger partial charge in [-0.1, -0.05) is 6.07 Å². The summed E-state index contributed by atoms with van der Waals surface area (Å²) in [6.07, 6.45) is 17.7. The average Bonchev–Trinajstić information content (AvgIpc) is 3.76. The summed E-state index contributed by atoms with van der Waals surface area (Å²) in [7, 11) is 0. The second-order valence-electron chi connectivity index (χ2n) is 15.6. The molecule has 4 heteroatoms. The van der Waals surface area contributed by atoms with Gasteiger partial charge in [-0.25, -0.2) is 0 Å². The monoisotopic (exact) mass is 518 g/mol. The molecule has 38 heavy (non-hydrogen) atoms. The molecule has 10 aliphatic rings. The zero-order chi connectivity index (χ0) is 25.2. The predicted octanol–water partition coefficient (Wildman–Crippen LogP) is 6.95. The van der Waals surface area contributed by atoms with Crippen LogP contribution in [0.2, 0.25) is 0 Å². The average molecular weight is 519 g/mol. The molecule has 8 aliphatic carbocycles. The van der Waals surface area contributed by atoms with Crippen LogP contribution in [0.25, 0.3) is 0 Å². The zero-order valence-corrected chi connectivity index (χ0v) is 23.5. The maximum absolute atomic E-state index is 6.97. The summed E-state index contributed by atoms with van der Waals surface area (Å²) < 4.78 is 25.3. The minimum absolute atomic E-state index is 0.0562. The van der Waals surface area contributed by atoms with Crippen molar-refractivity contribution in [1.29, 1.82) is 0 Å². The van der Waals surface area contributed by atoms with Crippen LogP contribution in [0.15, 0.2) is 12.1 Å². The normalized spacial score (nSPS) is 48.7. The highest BCUT2D eigenvalue weighted by molar-refractivity contribution is 5.56. The number of hydrogen-bond donors (Lipinski definition) is 0.